The first kappa shape index (κ1) is 17.1. The van der Waals surface area contributed by atoms with Gasteiger partial charge in [0, 0.05) is 5.31 Å². The molecule has 0 amide bonds. The minimum atomic E-state index is -3.30. The number of allylic oxidation sites excluding steroid dienone is 2. The van der Waals surface area contributed by atoms with Crippen molar-refractivity contribution in [2.45, 2.75) is 27.7 Å². The van der Waals surface area contributed by atoms with E-state index in [0.717, 1.165) is 0 Å². The van der Waals surface area contributed by atoms with Gasteiger partial charge in [0.25, 0.3) is 0 Å². The zero-order valence-corrected chi connectivity index (χ0v) is 12.4. The molecule has 14 heavy (non-hydrogen) atoms. The van der Waals surface area contributed by atoms with Gasteiger partial charge < -0.3 is 14.2 Å². The van der Waals surface area contributed by atoms with E-state index in [1.807, 2.05) is 0 Å². The van der Waals surface area contributed by atoms with Crippen molar-refractivity contribution in [2.24, 2.45) is 0 Å². The van der Waals surface area contributed by atoms with E-state index in [1.165, 1.54) is 13.8 Å². The Morgan fingerprint density at radius 1 is 1.21 bits per heavy atom. The molecule has 0 atom stereocenters. The summed E-state index contributed by atoms with van der Waals surface area (Å²) in [5, 5.41) is 11.1. The quantitative estimate of drug-likeness (QED) is 0.340. The predicted molar refractivity (Wildman–Crippen MR) is 49.2 cm³/mol. The summed E-state index contributed by atoms with van der Waals surface area (Å²) >= 11 is 0. The largest absolute Gasteiger partial charge is 1.00 e. The summed E-state index contributed by atoms with van der Waals surface area (Å²) in [6.45, 7) is 6.77. The maximum atomic E-state index is 11.9. The van der Waals surface area contributed by atoms with Crippen LogP contribution in [0.1, 0.15) is 27.7 Å². The summed E-state index contributed by atoms with van der Waals surface area (Å²) in [7, 11) is -3.30. The summed E-state index contributed by atoms with van der Waals surface area (Å²) in [4.78, 5) is 0. The molecule has 0 aromatic heterocycles. The molecule has 0 aliphatic carbocycles. The van der Waals surface area contributed by atoms with Crippen LogP contribution in [0.25, 0.3) is 0 Å². The molecule has 0 aromatic rings. The second-order valence-electron chi connectivity index (χ2n) is 2.47. The van der Waals surface area contributed by atoms with Crippen LogP contribution < -0.4 is 34.7 Å². The van der Waals surface area contributed by atoms with E-state index in [2.05, 4.69) is 0 Å². The Morgan fingerprint density at radius 2 is 1.57 bits per heavy atom. The molecule has 0 heterocycles. The SMILES string of the molecule is CCOP(=O)(OCC)/C(C)=C(/C)[O-].[Na+]. The van der Waals surface area contributed by atoms with Crippen LogP contribution in [-0.4, -0.2) is 13.2 Å². The van der Waals surface area contributed by atoms with Crippen LogP contribution in [0.2, 0.25) is 0 Å². The third-order valence-corrected chi connectivity index (χ3v) is 3.85. The van der Waals surface area contributed by atoms with Crippen molar-refractivity contribution >= 4 is 7.60 Å². The number of hydrogen-bond donors (Lipinski definition) is 0. The van der Waals surface area contributed by atoms with Crippen molar-refractivity contribution in [3.63, 3.8) is 0 Å². The van der Waals surface area contributed by atoms with Crippen molar-refractivity contribution in [3.8, 4) is 0 Å². The minimum Gasteiger partial charge on any atom is -0.875 e. The van der Waals surface area contributed by atoms with E-state index < -0.39 is 7.60 Å². The normalized spacial score (nSPS) is 13.1. The summed E-state index contributed by atoms with van der Waals surface area (Å²) < 4.78 is 21.8. The predicted octanol–water partition coefficient (Wildman–Crippen LogP) is -1.13. The van der Waals surface area contributed by atoms with Gasteiger partial charge in [0.1, 0.15) is 0 Å². The zero-order chi connectivity index (χ0) is 10.5. The molecule has 6 heteroatoms. The first-order valence-corrected chi connectivity index (χ1v) is 5.76. The van der Waals surface area contributed by atoms with Gasteiger partial charge in [-0.3, -0.25) is 4.57 Å². The van der Waals surface area contributed by atoms with Crippen molar-refractivity contribution in [2.75, 3.05) is 13.2 Å². The Bertz CT molecular complexity index is 225. The fourth-order valence-corrected chi connectivity index (χ4v) is 2.29. The van der Waals surface area contributed by atoms with Gasteiger partial charge >= 0.3 is 37.2 Å². The van der Waals surface area contributed by atoms with Crippen LogP contribution in [0.3, 0.4) is 0 Å². The third-order valence-electron chi connectivity index (χ3n) is 1.52. The molecule has 0 radical (unpaired) electrons. The average molecular weight is 230 g/mol. The Hall–Kier alpha value is 0.690. The molecule has 0 bridgehead atoms. The van der Waals surface area contributed by atoms with E-state index in [4.69, 9.17) is 9.05 Å². The standard InChI is InChI=1S/C8H17O4P.Na/c1-5-11-13(10,12-6-2)8(4)7(3)9;/h9H,5-6H2,1-4H3;/q;+1/p-1/b8-7-;. The minimum absolute atomic E-state index is 0. The molecule has 0 aliphatic heterocycles. The maximum Gasteiger partial charge on any atom is 1.00 e. The topological polar surface area (TPSA) is 58.6 Å². The average Bonchev–Trinajstić information content (AvgIpc) is 2.03. The smallest absolute Gasteiger partial charge is 0.875 e. The molecule has 0 saturated heterocycles. The number of rotatable bonds is 5. The second kappa shape index (κ2) is 7.91. The monoisotopic (exact) mass is 230 g/mol. The summed E-state index contributed by atoms with van der Waals surface area (Å²) in [6.07, 6.45) is 0. The summed E-state index contributed by atoms with van der Waals surface area (Å²) in [6, 6.07) is 0. The molecule has 0 N–H and O–H groups in total. The van der Waals surface area contributed by atoms with Crippen molar-refractivity contribution < 1.29 is 48.3 Å². The van der Waals surface area contributed by atoms with Gasteiger partial charge in [-0.15, -0.1) is 5.76 Å². The van der Waals surface area contributed by atoms with Gasteiger partial charge in [-0.2, -0.15) is 0 Å². The van der Waals surface area contributed by atoms with Gasteiger partial charge in [0.15, 0.2) is 0 Å². The fraction of sp³-hybridized carbons (Fsp3) is 0.750. The van der Waals surface area contributed by atoms with E-state index in [9.17, 15) is 9.67 Å². The van der Waals surface area contributed by atoms with Crippen LogP contribution in [0, 0.1) is 0 Å². The van der Waals surface area contributed by atoms with Crippen LogP contribution in [0.15, 0.2) is 11.1 Å². The molecule has 0 aromatic carbocycles. The van der Waals surface area contributed by atoms with Crippen LogP contribution in [0.4, 0.5) is 0 Å². The Labute approximate surface area is 108 Å². The van der Waals surface area contributed by atoms with Crippen LogP contribution >= 0.6 is 7.60 Å². The molecule has 78 valence electrons. The molecular weight excluding hydrogens is 214 g/mol. The molecule has 0 unspecified atom stereocenters. The first-order chi connectivity index (χ1) is 5.98. The Morgan fingerprint density at radius 3 is 1.79 bits per heavy atom. The van der Waals surface area contributed by atoms with Gasteiger partial charge in [0.2, 0.25) is 0 Å². The molecule has 0 aliphatic rings. The molecule has 0 spiro atoms. The van der Waals surface area contributed by atoms with E-state index in [-0.39, 0.29) is 53.8 Å². The molecule has 4 nitrogen and oxygen atoms in total. The van der Waals surface area contributed by atoms with Crippen molar-refractivity contribution in [1.29, 1.82) is 0 Å². The Balaban J connectivity index is 0. The van der Waals surface area contributed by atoms with Crippen molar-refractivity contribution in [3.05, 3.63) is 11.1 Å². The third kappa shape index (κ3) is 4.96. The molecular formula is C8H16NaO4P. The zero-order valence-electron chi connectivity index (χ0n) is 9.49. The summed E-state index contributed by atoms with van der Waals surface area (Å²) in [5.74, 6) is -0.259. The van der Waals surface area contributed by atoms with E-state index in [1.54, 1.807) is 13.8 Å². The van der Waals surface area contributed by atoms with Gasteiger partial charge in [-0.1, -0.05) is 6.92 Å². The molecule has 0 rings (SSSR count). The van der Waals surface area contributed by atoms with Crippen molar-refractivity contribution in [1.82, 2.24) is 0 Å². The second-order valence-corrected chi connectivity index (χ2v) is 4.66. The van der Waals surface area contributed by atoms with Gasteiger partial charge in [-0.05, 0) is 20.8 Å². The molecule has 0 saturated carbocycles. The van der Waals surface area contributed by atoms with Crippen LogP contribution in [0.5, 0.6) is 0 Å². The number of hydrogen-bond acceptors (Lipinski definition) is 4. The van der Waals surface area contributed by atoms with E-state index >= 15 is 0 Å². The first-order valence-electron chi connectivity index (χ1n) is 4.22. The maximum absolute atomic E-state index is 11.9. The molecule has 0 fully saturated rings. The Kier molecular flexibility index (Phi) is 9.66. The summed E-state index contributed by atoms with van der Waals surface area (Å²) in [5.41, 5.74) is 0. The van der Waals surface area contributed by atoms with Gasteiger partial charge in [0.05, 0.1) is 13.2 Å². The van der Waals surface area contributed by atoms with Gasteiger partial charge in [-0.25, -0.2) is 0 Å². The van der Waals surface area contributed by atoms with E-state index in [0.29, 0.717) is 0 Å². The van der Waals surface area contributed by atoms with Crippen LogP contribution in [-0.2, 0) is 13.6 Å². The fourth-order valence-electron chi connectivity index (χ4n) is 0.764.